The second-order valence-electron chi connectivity index (χ2n) is 4.34. The molecule has 0 aromatic heterocycles. The van der Waals surface area contributed by atoms with Crippen molar-refractivity contribution in [3.63, 3.8) is 0 Å². The van der Waals surface area contributed by atoms with Gasteiger partial charge in [0.1, 0.15) is 6.04 Å². The van der Waals surface area contributed by atoms with E-state index in [1.807, 2.05) is 19.0 Å². The molecule has 0 aromatic carbocycles. The summed E-state index contributed by atoms with van der Waals surface area (Å²) < 4.78 is 0. The fourth-order valence-corrected chi connectivity index (χ4v) is 2.01. The van der Waals surface area contributed by atoms with Gasteiger partial charge in [-0.25, -0.2) is 0 Å². The molecule has 0 aromatic rings. The van der Waals surface area contributed by atoms with Gasteiger partial charge in [0.05, 0.1) is 0 Å². The van der Waals surface area contributed by atoms with Gasteiger partial charge in [0, 0.05) is 25.7 Å². The highest BCUT2D eigenvalue weighted by Crippen LogP contribution is 2.13. The van der Waals surface area contributed by atoms with E-state index in [2.05, 4.69) is 24.1 Å². The number of likely N-dealkylation sites (N-methyl/N-ethyl adjacent to an activating group) is 2. The number of carbonyl (C=O) groups is 1. The third-order valence-electron chi connectivity index (χ3n) is 3.31. The second-order valence-corrected chi connectivity index (χ2v) is 4.34. The van der Waals surface area contributed by atoms with Crippen LogP contribution in [-0.2, 0) is 4.79 Å². The maximum Gasteiger partial charge on any atom is 0.241 e. The summed E-state index contributed by atoms with van der Waals surface area (Å²) in [5.74, 6) is 0.271. The predicted octanol–water partition coefficient (Wildman–Crippen LogP) is 0.147. The van der Waals surface area contributed by atoms with Gasteiger partial charge in [-0.05, 0) is 27.4 Å². The number of nitrogens with zero attached hydrogens (tertiary/aromatic N) is 2. The van der Waals surface area contributed by atoms with E-state index in [-0.39, 0.29) is 11.9 Å². The van der Waals surface area contributed by atoms with E-state index in [0.29, 0.717) is 6.04 Å². The average molecular weight is 213 g/mol. The molecule has 1 saturated heterocycles. The predicted molar refractivity (Wildman–Crippen MR) is 61.8 cm³/mol. The molecule has 1 amide bonds. The van der Waals surface area contributed by atoms with Crippen LogP contribution in [0.4, 0.5) is 0 Å². The molecule has 2 atom stereocenters. The van der Waals surface area contributed by atoms with Gasteiger partial charge in [-0.15, -0.1) is 0 Å². The van der Waals surface area contributed by atoms with Crippen LogP contribution in [0.15, 0.2) is 0 Å². The SMILES string of the molecule is CCC(C)N1CCN(C)C(CNC)C1=O. The Kier molecular flexibility index (Phi) is 4.54. The zero-order valence-electron chi connectivity index (χ0n) is 10.3. The number of piperazine rings is 1. The van der Waals surface area contributed by atoms with Crippen molar-refractivity contribution < 1.29 is 4.79 Å². The van der Waals surface area contributed by atoms with E-state index in [0.717, 1.165) is 26.1 Å². The van der Waals surface area contributed by atoms with Crippen LogP contribution in [-0.4, -0.2) is 61.5 Å². The van der Waals surface area contributed by atoms with E-state index in [4.69, 9.17) is 0 Å². The van der Waals surface area contributed by atoms with Gasteiger partial charge >= 0.3 is 0 Å². The average Bonchev–Trinajstić information content (AvgIpc) is 2.23. The molecule has 2 unspecified atom stereocenters. The zero-order chi connectivity index (χ0) is 11.4. The Morgan fingerprint density at radius 1 is 1.53 bits per heavy atom. The van der Waals surface area contributed by atoms with Crippen molar-refractivity contribution in [1.29, 1.82) is 0 Å². The van der Waals surface area contributed by atoms with Crippen LogP contribution in [0, 0.1) is 0 Å². The minimum Gasteiger partial charge on any atom is -0.337 e. The van der Waals surface area contributed by atoms with Crippen LogP contribution >= 0.6 is 0 Å². The van der Waals surface area contributed by atoms with E-state index >= 15 is 0 Å². The number of carbonyl (C=O) groups excluding carboxylic acids is 1. The molecule has 0 saturated carbocycles. The summed E-state index contributed by atoms with van der Waals surface area (Å²) in [6.07, 6.45) is 1.03. The molecule has 0 radical (unpaired) electrons. The molecular weight excluding hydrogens is 190 g/mol. The fourth-order valence-electron chi connectivity index (χ4n) is 2.01. The Hall–Kier alpha value is -0.610. The summed E-state index contributed by atoms with van der Waals surface area (Å²) in [5.41, 5.74) is 0. The third kappa shape index (κ3) is 2.69. The van der Waals surface area contributed by atoms with Gasteiger partial charge < -0.3 is 10.2 Å². The Labute approximate surface area is 92.6 Å². The van der Waals surface area contributed by atoms with Crippen molar-refractivity contribution in [3.05, 3.63) is 0 Å². The molecule has 0 spiro atoms. The lowest BCUT2D eigenvalue weighted by Crippen LogP contribution is -2.60. The summed E-state index contributed by atoms with van der Waals surface area (Å²) in [6, 6.07) is 0.378. The van der Waals surface area contributed by atoms with E-state index in [1.54, 1.807) is 0 Å². The standard InChI is InChI=1S/C11H23N3O/c1-5-9(2)14-7-6-13(4)10(8-12-3)11(14)15/h9-10,12H,5-8H2,1-4H3. The first-order valence-electron chi connectivity index (χ1n) is 5.77. The molecular formula is C11H23N3O. The Morgan fingerprint density at radius 3 is 2.73 bits per heavy atom. The van der Waals surface area contributed by atoms with Crippen molar-refractivity contribution >= 4 is 5.91 Å². The minimum atomic E-state index is 0.0118. The fraction of sp³-hybridized carbons (Fsp3) is 0.909. The molecule has 0 bridgehead atoms. The molecule has 1 heterocycles. The van der Waals surface area contributed by atoms with Crippen molar-refractivity contribution in [3.8, 4) is 0 Å². The highest BCUT2D eigenvalue weighted by Gasteiger charge is 2.33. The monoisotopic (exact) mass is 213 g/mol. The van der Waals surface area contributed by atoms with Crippen molar-refractivity contribution in [1.82, 2.24) is 15.1 Å². The second kappa shape index (κ2) is 5.47. The lowest BCUT2D eigenvalue weighted by molar-refractivity contribution is -0.143. The molecule has 1 aliphatic heterocycles. The molecule has 1 fully saturated rings. The zero-order valence-corrected chi connectivity index (χ0v) is 10.3. The first-order valence-corrected chi connectivity index (χ1v) is 5.77. The number of hydrogen-bond donors (Lipinski definition) is 1. The van der Waals surface area contributed by atoms with Gasteiger partial charge in [-0.3, -0.25) is 9.69 Å². The number of rotatable bonds is 4. The highest BCUT2D eigenvalue weighted by atomic mass is 16.2. The van der Waals surface area contributed by atoms with Crippen LogP contribution in [0.2, 0.25) is 0 Å². The first-order chi connectivity index (χ1) is 7.11. The number of hydrogen-bond acceptors (Lipinski definition) is 3. The summed E-state index contributed by atoms with van der Waals surface area (Å²) in [7, 11) is 3.91. The molecule has 1 aliphatic rings. The van der Waals surface area contributed by atoms with E-state index < -0.39 is 0 Å². The molecule has 4 nitrogen and oxygen atoms in total. The first kappa shape index (κ1) is 12.5. The third-order valence-corrected chi connectivity index (χ3v) is 3.31. The molecule has 15 heavy (non-hydrogen) atoms. The molecule has 1 N–H and O–H groups in total. The molecule has 1 rings (SSSR count). The number of amides is 1. The smallest absolute Gasteiger partial charge is 0.241 e. The van der Waals surface area contributed by atoms with Crippen LogP contribution in [0.5, 0.6) is 0 Å². The summed E-state index contributed by atoms with van der Waals surface area (Å²) in [5, 5.41) is 3.09. The summed E-state index contributed by atoms with van der Waals surface area (Å²) in [4.78, 5) is 16.3. The molecule has 4 heteroatoms. The molecule has 88 valence electrons. The maximum atomic E-state index is 12.2. The lowest BCUT2D eigenvalue weighted by atomic mass is 10.1. The Balaban J connectivity index is 2.67. The lowest BCUT2D eigenvalue weighted by Gasteiger charge is -2.41. The minimum absolute atomic E-state index is 0.0118. The summed E-state index contributed by atoms with van der Waals surface area (Å²) in [6.45, 7) is 6.83. The van der Waals surface area contributed by atoms with Crippen LogP contribution in [0.25, 0.3) is 0 Å². The van der Waals surface area contributed by atoms with Crippen molar-refractivity contribution in [2.24, 2.45) is 0 Å². The van der Waals surface area contributed by atoms with E-state index in [1.165, 1.54) is 0 Å². The van der Waals surface area contributed by atoms with Gasteiger partial charge in [-0.2, -0.15) is 0 Å². The van der Waals surface area contributed by atoms with E-state index in [9.17, 15) is 4.79 Å². The quantitative estimate of drug-likeness (QED) is 0.722. The van der Waals surface area contributed by atoms with Gasteiger partial charge in [-0.1, -0.05) is 6.92 Å². The molecule has 0 aliphatic carbocycles. The van der Waals surface area contributed by atoms with Gasteiger partial charge in [0.25, 0.3) is 0 Å². The van der Waals surface area contributed by atoms with Gasteiger partial charge in [0.2, 0.25) is 5.91 Å². The topological polar surface area (TPSA) is 35.6 Å². The summed E-state index contributed by atoms with van der Waals surface area (Å²) >= 11 is 0. The van der Waals surface area contributed by atoms with Crippen LogP contribution in [0.3, 0.4) is 0 Å². The normalized spacial score (nSPS) is 25.7. The Bertz CT molecular complexity index is 212. The van der Waals surface area contributed by atoms with Crippen molar-refractivity contribution in [2.75, 3.05) is 33.7 Å². The highest BCUT2D eigenvalue weighted by molar-refractivity contribution is 5.83. The van der Waals surface area contributed by atoms with Crippen LogP contribution < -0.4 is 5.32 Å². The largest absolute Gasteiger partial charge is 0.337 e. The van der Waals surface area contributed by atoms with Crippen molar-refractivity contribution in [2.45, 2.75) is 32.4 Å². The maximum absolute atomic E-state index is 12.2. The van der Waals surface area contributed by atoms with Crippen LogP contribution in [0.1, 0.15) is 20.3 Å². The Morgan fingerprint density at radius 2 is 2.20 bits per heavy atom. The number of nitrogens with one attached hydrogen (secondary N) is 1. The van der Waals surface area contributed by atoms with Gasteiger partial charge in [0.15, 0.2) is 0 Å².